The van der Waals surface area contributed by atoms with Crippen LogP contribution >= 0.6 is 37.9 Å². The molecule has 0 fully saturated rings. The van der Waals surface area contributed by atoms with Crippen molar-refractivity contribution >= 4 is 55.8 Å². The molecule has 0 aliphatic heterocycles. The summed E-state index contributed by atoms with van der Waals surface area (Å²) in [6.07, 6.45) is 0.000170. The lowest BCUT2D eigenvalue weighted by molar-refractivity contribution is -0.170. The van der Waals surface area contributed by atoms with Crippen molar-refractivity contribution in [1.82, 2.24) is 0 Å². The zero-order valence-electron chi connectivity index (χ0n) is 13.8. The van der Waals surface area contributed by atoms with Crippen molar-refractivity contribution in [3.63, 3.8) is 0 Å². The highest BCUT2D eigenvalue weighted by atomic mass is 32.1. The van der Waals surface area contributed by atoms with Crippen molar-refractivity contribution in [2.75, 3.05) is 23.9 Å². The van der Waals surface area contributed by atoms with Crippen LogP contribution < -0.4 is 0 Å². The van der Waals surface area contributed by atoms with E-state index in [-0.39, 0.29) is 38.3 Å². The Labute approximate surface area is 159 Å². The highest BCUT2D eigenvalue weighted by molar-refractivity contribution is 7.80. The lowest BCUT2D eigenvalue weighted by Crippen LogP contribution is -2.36. The van der Waals surface area contributed by atoms with Gasteiger partial charge in [-0.1, -0.05) is 6.92 Å². The molecule has 0 aromatic carbocycles. The number of carbonyl (C=O) groups is 3. The molecule has 24 heavy (non-hydrogen) atoms. The molecule has 0 aromatic rings. The van der Waals surface area contributed by atoms with Crippen LogP contribution in [0.2, 0.25) is 0 Å². The second kappa shape index (κ2) is 14.8. The lowest BCUT2D eigenvalue weighted by atomic mass is 10.1. The van der Waals surface area contributed by atoms with Crippen LogP contribution in [-0.2, 0) is 28.6 Å². The molecule has 0 aromatic heterocycles. The number of hydrogen-bond acceptors (Lipinski definition) is 9. The molecule has 2 unspecified atom stereocenters. The lowest BCUT2D eigenvalue weighted by Gasteiger charge is -2.26. The molecule has 0 spiro atoms. The van der Waals surface area contributed by atoms with Gasteiger partial charge in [-0.3, -0.25) is 14.4 Å². The highest BCUT2D eigenvalue weighted by Gasteiger charge is 2.27. The van der Waals surface area contributed by atoms with Crippen LogP contribution in [0.3, 0.4) is 0 Å². The fourth-order valence-electron chi connectivity index (χ4n) is 1.83. The molecule has 6 nitrogen and oxygen atoms in total. The summed E-state index contributed by atoms with van der Waals surface area (Å²) in [5.74, 6) is -0.0672. The molecule has 0 saturated carbocycles. The minimum atomic E-state index is -0.671. The fourth-order valence-corrected chi connectivity index (χ4v) is 2.38. The van der Waals surface area contributed by atoms with Gasteiger partial charge in [0, 0.05) is 23.7 Å². The van der Waals surface area contributed by atoms with Gasteiger partial charge < -0.3 is 14.2 Å². The summed E-state index contributed by atoms with van der Waals surface area (Å²) in [6, 6.07) is 0. The quantitative estimate of drug-likeness (QED) is 0.251. The van der Waals surface area contributed by atoms with Gasteiger partial charge in [0.05, 0.1) is 25.9 Å². The van der Waals surface area contributed by atoms with Crippen molar-refractivity contribution in [2.45, 2.75) is 51.2 Å². The van der Waals surface area contributed by atoms with Gasteiger partial charge in [0.1, 0.15) is 12.2 Å². The van der Waals surface area contributed by atoms with Gasteiger partial charge in [0.25, 0.3) is 0 Å². The Bertz CT molecular complexity index is 391. The first-order valence-electron chi connectivity index (χ1n) is 7.85. The Morgan fingerprint density at radius 2 is 1.25 bits per heavy atom. The SMILES string of the molecule is CCC(OC(=O)CCS)C(CCOC(=O)CCS)OC(=O)CCS. The molecule has 0 aliphatic rings. The van der Waals surface area contributed by atoms with E-state index in [2.05, 4.69) is 37.9 Å². The third kappa shape index (κ3) is 11.1. The molecule has 0 bridgehead atoms. The second-order valence-corrected chi connectivity index (χ2v) is 6.24. The number of carbonyl (C=O) groups excluding carboxylic acids is 3. The molecule has 0 radical (unpaired) electrons. The predicted molar refractivity (Wildman–Crippen MR) is 101 cm³/mol. The van der Waals surface area contributed by atoms with Crippen molar-refractivity contribution in [2.24, 2.45) is 0 Å². The Hall–Kier alpha value is -0.540. The largest absolute Gasteiger partial charge is 0.466 e. The standard InChI is InChI=1S/C15H26O6S3/c1-2-11(20-14(17)5-9-23)12(21-15(18)6-10-24)3-7-19-13(16)4-8-22/h11-12,22-24H,2-10H2,1H3. The zero-order chi connectivity index (χ0) is 18.4. The molecule has 0 heterocycles. The van der Waals surface area contributed by atoms with Crippen molar-refractivity contribution in [3.05, 3.63) is 0 Å². The third-order valence-corrected chi connectivity index (χ3v) is 3.67. The van der Waals surface area contributed by atoms with E-state index in [9.17, 15) is 14.4 Å². The summed E-state index contributed by atoms with van der Waals surface area (Å²) in [4.78, 5) is 34.8. The Kier molecular flexibility index (Phi) is 14.4. The van der Waals surface area contributed by atoms with E-state index in [1.165, 1.54) is 0 Å². The third-order valence-electron chi connectivity index (χ3n) is 3.00. The van der Waals surface area contributed by atoms with Crippen LogP contribution in [-0.4, -0.2) is 54.0 Å². The summed E-state index contributed by atoms with van der Waals surface area (Å²) < 4.78 is 15.8. The number of ether oxygens (including phenoxy) is 3. The van der Waals surface area contributed by atoms with Crippen molar-refractivity contribution in [1.29, 1.82) is 0 Å². The Morgan fingerprint density at radius 1 is 0.792 bits per heavy atom. The molecule has 0 N–H and O–H groups in total. The summed E-state index contributed by atoms with van der Waals surface area (Å²) in [5.41, 5.74) is 0. The monoisotopic (exact) mass is 398 g/mol. The van der Waals surface area contributed by atoms with Gasteiger partial charge in [-0.25, -0.2) is 0 Å². The highest BCUT2D eigenvalue weighted by Crippen LogP contribution is 2.15. The first kappa shape index (κ1) is 23.5. The van der Waals surface area contributed by atoms with Gasteiger partial charge in [0.2, 0.25) is 0 Å². The summed E-state index contributed by atoms with van der Waals surface area (Å²) in [5, 5.41) is 0. The van der Waals surface area contributed by atoms with Crippen molar-refractivity contribution < 1.29 is 28.6 Å². The van der Waals surface area contributed by atoms with Crippen LogP contribution in [0.1, 0.15) is 39.0 Å². The average Bonchev–Trinajstić information content (AvgIpc) is 2.52. The van der Waals surface area contributed by atoms with E-state index in [1.54, 1.807) is 0 Å². The average molecular weight is 399 g/mol. The molecule has 9 heteroatoms. The maximum absolute atomic E-state index is 11.7. The summed E-state index contributed by atoms with van der Waals surface area (Å²) in [7, 11) is 0. The molecule has 0 saturated heterocycles. The summed E-state index contributed by atoms with van der Waals surface area (Å²) >= 11 is 11.9. The van der Waals surface area contributed by atoms with Gasteiger partial charge in [-0.05, 0) is 6.42 Å². The van der Waals surface area contributed by atoms with Crippen LogP contribution in [0.15, 0.2) is 0 Å². The zero-order valence-corrected chi connectivity index (χ0v) is 16.5. The number of rotatable bonds is 13. The maximum Gasteiger partial charge on any atom is 0.307 e. The van der Waals surface area contributed by atoms with E-state index >= 15 is 0 Å². The van der Waals surface area contributed by atoms with E-state index in [1.807, 2.05) is 6.92 Å². The van der Waals surface area contributed by atoms with E-state index < -0.39 is 24.1 Å². The van der Waals surface area contributed by atoms with E-state index in [0.717, 1.165) is 0 Å². The van der Waals surface area contributed by atoms with Gasteiger partial charge in [-0.15, -0.1) is 0 Å². The van der Waals surface area contributed by atoms with E-state index in [4.69, 9.17) is 14.2 Å². The molecule has 2 atom stereocenters. The minimum Gasteiger partial charge on any atom is -0.466 e. The van der Waals surface area contributed by atoms with Crippen molar-refractivity contribution in [3.8, 4) is 0 Å². The van der Waals surface area contributed by atoms with Crippen LogP contribution in [0.5, 0.6) is 0 Å². The first-order valence-corrected chi connectivity index (χ1v) is 9.75. The Balaban J connectivity index is 4.71. The molecule has 140 valence electrons. The van der Waals surface area contributed by atoms with Crippen LogP contribution in [0, 0.1) is 0 Å². The molecular formula is C15H26O6S3. The second-order valence-electron chi connectivity index (χ2n) is 4.89. The minimum absolute atomic E-state index is 0.0754. The molecule has 0 rings (SSSR count). The van der Waals surface area contributed by atoms with Gasteiger partial charge in [0.15, 0.2) is 0 Å². The fraction of sp³-hybridized carbons (Fsp3) is 0.800. The van der Waals surface area contributed by atoms with Crippen LogP contribution in [0.4, 0.5) is 0 Å². The number of thiol groups is 3. The smallest absolute Gasteiger partial charge is 0.307 e. The predicted octanol–water partition coefficient (Wildman–Crippen LogP) is 2.11. The first-order chi connectivity index (χ1) is 11.5. The van der Waals surface area contributed by atoms with E-state index in [0.29, 0.717) is 23.7 Å². The van der Waals surface area contributed by atoms with Gasteiger partial charge >= 0.3 is 17.9 Å². The van der Waals surface area contributed by atoms with Gasteiger partial charge in [-0.2, -0.15) is 37.9 Å². The molecule has 0 amide bonds. The normalized spacial score (nSPS) is 13.0. The number of esters is 3. The summed E-state index contributed by atoms with van der Waals surface area (Å²) in [6.45, 7) is 1.90. The molecule has 0 aliphatic carbocycles. The Morgan fingerprint density at radius 3 is 1.71 bits per heavy atom. The topological polar surface area (TPSA) is 78.9 Å². The number of hydrogen-bond donors (Lipinski definition) is 3. The maximum atomic E-state index is 11.7. The molecular weight excluding hydrogens is 372 g/mol. The van der Waals surface area contributed by atoms with Crippen LogP contribution in [0.25, 0.3) is 0 Å².